The van der Waals surface area contributed by atoms with Crippen LogP contribution in [0, 0.1) is 44.3 Å². The highest BCUT2D eigenvalue weighted by molar-refractivity contribution is 5.64. The molecular weight excluding hydrogens is 653 g/mol. The SMILES string of the molecule is CC(C)(C)/C=C1\[C@H]2C[N+](Cc3ccccc3)(Cc3ccccc3)C[C@@]23[C@]1(C)[C@]1(C)/C(=C/C(C)(C)C)[C@H]2C[N+](Cc4ccccc4)(Cc4ccccc4)C[C@]213. The lowest BCUT2D eigenvalue weighted by molar-refractivity contribution is -0.952. The van der Waals surface area contributed by atoms with Crippen molar-refractivity contribution in [3.63, 3.8) is 0 Å². The number of allylic oxidation sites excluding steroid dienone is 2. The fourth-order valence-corrected chi connectivity index (χ4v) is 14.4. The van der Waals surface area contributed by atoms with Crippen molar-refractivity contribution in [3.8, 4) is 0 Å². The van der Waals surface area contributed by atoms with Gasteiger partial charge in [0, 0.05) is 44.9 Å². The van der Waals surface area contributed by atoms with Crippen molar-refractivity contribution in [2.24, 2.45) is 44.3 Å². The zero-order chi connectivity index (χ0) is 37.8. The number of nitrogens with zero attached hydrogens (tertiary/aromatic N) is 2. The second kappa shape index (κ2) is 11.9. The monoisotopic (exact) mass is 717 g/mol. The van der Waals surface area contributed by atoms with E-state index in [0.29, 0.717) is 11.8 Å². The Labute approximate surface area is 326 Å². The molecule has 0 aromatic heterocycles. The predicted molar refractivity (Wildman–Crippen MR) is 224 cm³/mol. The molecule has 4 aromatic rings. The molecule has 0 unspecified atom stereocenters. The number of rotatable bonds is 8. The Kier molecular flexibility index (Phi) is 7.92. The van der Waals surface area contributed by atoms with E-state index in [1.807, 2.05) is 0 Å². The van der Waals surface area contributed by atoms with Crippen LogP contribution >= 0.6 is 0 Å². The maximum absolute atomic E-state index is 2.77. The summed E-state index contributed by atoms with van der Waals surface area (Å²) in [5.41, 5.74) is 10.6. The third-order valence-electron chi connectivity index (χ3n) is 15.6. The van der Waals surface area contributed by atoms with Gasteiger partial charge in [-0.1, -0.05) is 200 Å². The number of fused-ring (bicyclic) bond motifs is 1. The number of benzene rings is 4. The molecule has 54 heavy (non-hydrogen) atoms. The van der Waals surface area contributed by atoms with E-state index in [0.717, 1.165) is 35.1 Å². The average Bonchev–Trinajstić information content (AvgIpc) is 3.62. The van der Waals surface area contributed by atoms with Gasteiger partial charge in [0.2, 0.25) is 0 Å². The molecule has 3 aliphatic carbocycles. The Morgan fingerprint density at radius 1 is 0.463 bits per heavy atom. The smallest absolute Gasteiger partial charge is 0.105 e. The molecule has 0 N–H and O–H groups in total. The van der Waals surface area contributed by atoms with Crippen molar-refractivity contribution in [1.82, 2.24) is 0 Å². The van der Waals surface area contributed by atoms with Gasteiger partial charge in [0.15, 0.2) is 0 Å². The molecule has 9 rings (SSSR count). The van der Waals surface area contributed by atoms with Crippen LogP contribution in [0.4, 0.5) is 0 Å². The first-order valence-corrected chi connectivity index (χ1v) is 20.9. The quantitative estimate of drug-likeness (QED) is 0.126. The van der Waals surface area contributed by atoms with Crippen molar-refractivity contribution in [2.75, 3.05) is 26.2 Å². The summed E-state index contributed by atoms with van der Waals surface area (Å²) in [7, 11) is 0. The maximum Gasteiger partial charge on any atom is 0.105 e. The summed E-state index contributed by atoms with van der Waals surface area (Å²) in [6.45, 7) is 29.6. The third kappa shape index (κ3) is 4.91. The molecule has 2 nitrogen and oxygen atoms in total. The molecule has 2 heteroatoms. The Bertz CT molecular complexity index is 1850. The van der Waals surface area contributed by atoms with Crippen molar-refractivity contribution in [3.05, 3.63) is 167 Å². The van der Waals surface area contributed by atoms with Gasteiger partial charge >= 0.3 is 0 Å². The molecule has 0 radical (unpaired) electrons. The summed E-state index contributed by atoms with van der Waals surface area (Å²) < 4.78 is 2.30. The first kappa shape index (κ1) is 35.9. The van der Waals surface area contributed by atoms with E-state index in [4.69, 9.17) is 0 Å². The molecule has 2 heterocycles. The molecule has 0 bridgehead atoms. The summed E-state index contributed by atoms with van der Waals surface area (Å²) in [5.74, 6) is 1.21. The molecule has 3 saturated carbocycles. The molecular formula is C52H64N2+2. The molecule has 5 fully saturated rings. The first-order chi connectivity index (χ1) is 25.6. The van der Waals surface area contributed by atoms with Gasteiger partial charge in [0.05, 0.1) is 37.0 Å². The van der Waals surface area contributed by atoms with Gasteiger partial charge in [-0.2, -0.15) is 0 Å². The molecule has 0 amide bonds. The van der Waals surface area contributed by atoms with Crippen LogP contribution in [0.15, 0.2) is 145 Å². The van der Waals surface area contributed by atoms with Crippen LogP contribution < -0.4 is 0 Å². The number of likely N-dealkylation sites (tertiary alicyclic amines) is 2. The van der Waals surface area contributed by atoms with Gasteiger partial charge in [-0.15, -0.1) is 0 Å². The van der Waals surface area contributed by atoms with E-state index in [9.17, 15) is 0 Å². The first-order valence-electron chi connectivity index (χ1n) is 20.9. The van der Waals surface area contributed by atoms with Crippen LogP contribution in [0.25, 0.3) is 0 Å². The molecule has 2 aliphatic heterocycles. The van der Waals surface area contributed by atoms with Crippen LogP contribution in [0.5, 0.6) is 0 Å². The van der Waals surface area contributed by atoms with Crippen LogP contribution in [-0.2, 0) is 26.2 Å². The predicted octanol–water partition coefficient (Wildman–Crippen LogP) is 11.7. The van der Waals surface area contributed by atoms with Crippen molar-refractivity contribution in [1.29, 1.82) is 0 Å². The van der Waals surface area contributed by atoms with E-state index in [-0.39, 0.29) is 32.5 Å². The minimum absolute atomic E-state index is 0.133. The molecule has 280 valence electrons. The molecule has 2 saturated heterocycles. The molecule has 4 aromatic carbocycles. The van der Waals surface area contributed by atoms with Crippen LogP contribution in [0.3, 0.4) is 0 Å². The van der Waals surface area contributed by atoms with Gasteiger partial charge in [-0.25, -0.2) is 0 Å². The van der Waals surface area contributed by atoms with Gasteiger partial charge in [-0.05, 0) is 10.8 Å². The number of quaternary nitrogens is 2. The van der Waals surface area contributed by atoms with Crippen LogP contribution in [0.1, 0.15) is 77.6 Å². The summed E-state index contributed by atoms with van der Waals surface area (Å²) in [4.78, 5) is 0. The zero-order valence-corrected chi connectivity index (χ0v) is 34.4. The standard InChI is InChI=1S/C52H64N2/c1-47(2,3)29-43-45-35-53(31-39-21-13-9-14-22-39,32-40-23-15-10-16-24-40)37-51(45)49(43,7)50(8)44(30-48(4,5)6)46-36-54(38-52(46,50)51,33-41-25-17-11-18-26-41)34-42-27-19-12-20-28-42/h9-30,45-46H,31-38H2,1-8H3/q+2/b43-29+,44-30+/t45-,46-,49+,50+,51+,52+/m1/s1. The highest BCUT2D eigenvalue weighted by Crippen LogP contribution is 3.01. The zero-order valence-electron chi connectivity index (χ0n) is 34.4. The minimum Gasteiger partial charge on any atom is -0.315 e. The summed E-state index contributed by atoms with van der Waals surface area (Å²) in [5, 5.41) is 0. The Morgan fingerprint density at radius 3 is 0.963 bits per heavy atom. The van der Waals surface area contributed by atoms with Crippen LogP contribution in [0.2, 0.25) is 0 Å². The lowest BCUT2D eigenvalue weighted by atomic mass is 9.07. The number of hydrogen-bond acceptors (Lipinski definition) is 0. The highest BCUT2D eigenvalue weighted by Gasteiger charge is 3.03. The fourth-order valence-electron chi connectivity index (χ4n) is 14.4. The van der Waals surface area contributed by atoms with Crippen molar-refractivity contribution in [2.45, 2.75) is 81.6 Å². The average molecular weight is 717 g/mol. The van der Waals surface area contributed by atoms with Crippen molar-refractivity contribution >= 4 is 0 Å². The van der Waals surface area contributed by atoms with Crippen molar-refractivity contribution < 1.29 is 8.97 Å². The summed E-state index contributed by atoms with van der Waals surface area (Å²) >= 11 is 0. The molecule has 5 aliphatic rings. The van der Waals surface area contributed by atoms with Gasteiger partial charge in [0.1, 0.15) is 26.2 Å². The number of hydrogen-bond donors (Lipinski definition) is 0. The highest BCUT2D eigenvalue weighted by atomic mass is 15.4. The van der Waals surface area contributed by atoms with E-state index in [1.165, 1.54) is 48.4 Å². The lowest BCUT2D eigenvalue weighted by Crippen LogP contribution is -2.93. The Morgan fingerprint density at radius 2 is 0.722 bits per heavy atom. The van der Waals surface area contributed by atoms with Gasteiger partial charge in [-0.3, -0.25) is 0 Å². The summed E-state index contributed by atoms with van der Waals surface area (Å²) in [6, 6.07) is 46.0. The second-order valence-corrected chi connectivity index (χ2v) is 21.2. The Hall–Kier alpha value is -3.72. The largest absolute Gasteiger partial charge is 0.315 e. The van der Waals surface area contributed by atoms with E-state index < -0.39 is 0 Å². The minimum atomic E-state index is 0.133. The Balaban J connectivity index is 1.25. The van der Waals surface area contributed by atoms with Crippen LogP contribution in [-0.4, -0.2) is 35.1 Å². The fraction of sp³-hybridized carbons (Fsp3) is 0.462. The van der Waals surface area contributed by atoms with Gasteiger partial charge in [0.25, 0.3) is 0 Å². The van der Waals surface area contributed by atoms with E-state index >= 15 is 0 Å². The second-order valence-electron chi connectivity index (χ2n) is 21.2. The summed E-state index contributed by atoms with van der Waals surface area (Å²) in [6.07, 6.45) is 5.54. The molecule has 2 spiro atoms. The van der Waals surface area contributed by atoms with E-state index in [2.05, 4.69) is 189 Å². The maximum atomic E-state index is 2.77. The lowest BCUT2D eigenvalue weighted by Gasteiger charge is -2.92. The third-order valence-corrected chi connectivity index (χ3v) is 15.6. The van der Waals surface area contributed by atoms with E-state index in [1.54, 1.807) is 11.1 Å². The normalized spacial score (nSPS) is 34.2. The topological polar surface area (TPSA) is 0 Å². The molecule has 6 atom stereocenters. The van der Waals surface area contributed by atoms with Gasteiger partial charge < -0.3 is 8.97 Å².